The molecule has 1 unspecified atom stereocenters. The normalized spacial score (nSPS) is 17.4. The minimum atomic E-state index is -0.660. The third-order valence-electron chi connectivity index (χ3n) is 7.29. The van der Waals surface area contributed by atoms with Crippen molar-refractivity contribution in [3.05, 3.63) is 48.0 Å². The van der Waals surface area contributed by atoms with Crippen LogP contribution >= 0.6 is 0 Å². The topological polar surface area (TPSA) is 114 Å². The summed E-state index contributed by atoms with van der Waals surface area (Å²) in [6, 6.07) is 8.90. The molecule has 8 heteroatoms. The number of benzene rings is 1. The van der Waals surface area contributed by atoms with Gasteiger partial charge in [0.15, 0.2) is 5.82 Å². The number of hydrogen-bond acceptors (Lipinski definition) is 8. The molecule has 3 N–H and O–H groups in total. The van der Waals surface area contributed by atoms with E-state index in [0.717, 1.165) is 42.6 Å². The highest BCUT2D eigenvalue weighted by molar-refractivity contribution is 5.62. The van der Waals surface area contributed by atoms with Crippen molar-refractivity contribution in [1.29, 1.82) is 0 Å². The van der Waals surface area contributed by atoms with E-state index in [9.17, 15) is 5.11 Å². The number of rotatable bonds is 6. The van der Waals surface area contributed by atoms with Gasteiger partial charge in [0.1, 0.15) is 0 Å². The van der Waals surface area contributed by atoms with Crippen LogP contribution in [0.5, 0.6) is 0 Å². The number of nitrogen functional groups attached to an aromatic ring is 1. The fourth-order valence-electron chi connectivity index (χ4n) is 4.55. The smallest absolute Gasteiger partial charge is 0.324 e. The fraction of sp³-hybridized carbons (Fsp3) is 0.520. The highest BCUT2D eigenvalue weighted by Gasteiger charge is 2.39. The highest BCUT2D eigenvalue weighted by Crippen LogP contribution is 2.39. The van der Waals surface area contributed by atoms with Crippen LogP contribution in [-0.2, 0) is 5.41 Å². The Morgan fingerprint density at radius 1 is 1.03 bits per heavy atom. The van der Waals surface area contributed by atoms with Gasteiger partial charge in [-0.05, 0) is 56.6 Å². The Morgan fingerprint density at radius 3 is 2.18 bits per heavy atom. The first-order chi connectivity index (χ1) is 15.6. The Hall–Kier alpha value is -3.00. The number of anilines is 2. The zero-order valence-electron chi connectivity index (χ0n) is 20.1. The van der Waals surface area contributed by atoms with Crippen LogP contribution in [-0.4, -0.2) is 43.9 Å². The summed E-state index contributed by atoms with van der Waals surface area (Å²) < 4.78 is 5.72. The van der Waals surface area contributed by atoms with Crippen LogP contribution in [0, 0.1) is 11.8 Å². The minimum Gasteiger partial charge on any atom is -0.390 e. The maximum atomic E-state index is 10.3. The van der Waals surface area contributed by atoms with E-state index in [0.29, 0.717) is 11.8 Å². The third-order valence-corrected chi connectivity index (χ3v) is 7.29. The van der Waals surface area contributed by atoms with Gasteiger partial charge in [-0.1, -0.05) is 43.3 Å². The van der Waals surface area contributed by atoms with Crippen molar-refractivity contribution >= 4 is 12.0 Å². The third kappa shape index (κ3) is 4.57. The number of nitrogens with two attached hydrogens (primary N) is 1. The fourth-order valence-corrected chi connectivity index (χ4v) is 4.55. The van der Waals surface area contributed by atoms with Crippen molar-refractivity contribution in [2.45, 2.75) is 58.5 Å². The number of nitrogens with zero attached hydrogens (tertiary/aromatic N) is 5. The van der Waals surface area contributed by atoms with Crippen molar-refractivity contribution in [3.63, 3.8) is 0 Å². The standard InChI is InChI=1S/C25H34N6O2/c1-16(2)25(5,20-8-6-17(7-9-20)18-14-27-22(26)28-15-18)21-29-23(33-30-21)31-12-10-19(11-13-31)24(3,4)32/h6-9,14-16,19,32H,10-13H2,1-5H3,(H2,26,27,28). The van der Waals surface area contributed by atoms with Gasteiger partial charge in [-0.25, -0.2) is 9.97 Å². The number of piperidine rings is 1. The molecule has 33 heavy (non-hydrogen) atoms. The molecular weight excluding hydrogens is 416 g/mol. The first kappa shape index (κ1) is 23.2. The molecule has 1 atom stereocenters. The first-order valence-electron chi connectivity index (χ1n) is 11.6. The molecule has 1 aliphatic rings. The van der Waals surface area contributed by atoms with Gasteiger partial charge in [0.25, 0.3) is 0 Å². The molecule has 1 fully saturated rings. The zero-order valence-corrected chi connectivity index (χ0v) is 20.1. The van der Waals surface area contributed by atoms with E-state index in [2.05, 4.69) is 65.1 Å². The van der Waals surface area contributed by atoms with Gasteiger partial charge in [0.05, 0.1) is 11.0 Å². The average Bonchev–Trinajstić information content (AvgIpc) is 3.29. The van der Waals surface area contributed by atoms with E-state index in [1.807, 2.05) is 13.8 Å². The molecule has 3 aromatic rings. The molecule has 0 saturated carbocycles. The van der Waals surface area contributed by atoms with Gasteiger partial charge in [-0.3, -0.25) is 0 Å². The van der Waals surface area contributed by atoms with E-state index >= 15 is 0 Å². The van der Waals surface area contributed by atoms with E-state index in [4.69, 9.17) is 15.2 Å². The second kappa shape index (κ2) is 8.74. The van der Waals surface area contributed by atoms with E-state index in [-0.39, 0.29) is 17.8 Å². The lowest BCUT2D eigenvalue weighted by molar-refractivity contribution is 0.00609. The average molecular weight is 451 g/mol. The van der Waals surface area contributed by atoms with Crippen LogP contribution in [0.3, 0.4) is 0 Å². The van der Waals surface area contributed by atoms with Crippen LogP contribution in [0.2, 0.25) is 0 Å². The van der Waals surface area contributed by atoms with Gasteiger partial charge in [0.2, 0.25) is 5.95 Å². The number of aliphatic hydroxyl groups is 1. The van der Waals surface area contributed by atoms with Crippen LogP contribution in [0.1, 0.15) is 58.8 Å². The summed E-state index contributed by atoms with van der Waals surface area (Å²) in [7, 11) is 0. The summed E-state index contributed by atoms with van der Waals surface area (Å²) in [5, 5.41) is 14.7. The lowest BCUT2D eigenvalue weighted by Gasteiger charge is -2.37. The lowest BCUT2D eigenvalue weighted by Crippen LogP contribution is -2.42. The molecule has 0 amide bonds. The summed E-state index contributed by atoms with van der Waals surface area (Å²) in [5.74, 6) is 1.47. The Labute approximate surface area is 195 Å². The van der Waals surface area contributed by atoms with Gasteiger partial charge in [-0.15, -0.1) is 0 Å². The molecule has 1 saturated heterocycles. The summed E-state index contributed by atoms with van der Waals surface area (Å²) in [4.78, 5) is 15.1. The molecule has 0 spiro atoms. The lowest BCUT2D eigenvalue weighted by atomic mass is 9.72. The quantitative estimate of drug-likeness (QED) is 0.578. The van der Waals surface area contributed by atoms with Crippen LogP contribution in [0.25, 0.3) is 11.1 Å². The van der Waals surface area contributed by atoms with E-state index in [1.165, 1.54) is 0 Å². The summed E-state index contributed by atoms with van der Waals surface area (Å²) in [6.07, 6.45) is 5.26. The molecule has 3 heterocycles. The van der Waals surface area contributed by atoms with Crippen molar-refractivity contribution in [2.75, 3.05) is 23.7 Å². The highest BCUT2D eigenvalue weighted by atomic mass is 16.5. The molecule has 0 bridgehead atoms. The first-order valence-corrected chi connectivity index (χ1v) is 11.6. The zero-order chi connectivity index (χ0) is 23.8. The Bertz CT molecular complexity index is 1060. The monoisotopic (exact) mass is 450 g/mol. The Morgan fingerprint density at radius 2 is 1.64 bits per heavy atom. The predicted octanol–water partition coefficient (Wildman–Crippen LogP) is 4.06. The molecule has 176 valence electrons. The molecule has 8 nitrogen and oxygen atoms in total. The summed E-state index contributed by atoms with van der Waals surface area (Å²) in [5.41, 5.74) is 7.59. The number of hydrogen-bond donors (Lipinski definition) is 2. The Kier molecular flexibility index (Phi) is 6.14. The predicted molar refractivity (Wildman–Crippen MR) is 129 cm³/mol. The minimum absolute atomic E-state index is 0.245. The van der Waals surface area contributed by atoms with Gasteiger partial charge in [-0.2, -0.15) is 4.98 Å². The second-order valence-corrected chi connectivity index (χ2v) is 10.1. The van der Waals surface area contributed by atoms with Gasteiger partial charge >= 0.3 is 6.01 Å². The van der Waals surface area contributed by atoms with Crippen LogP contribution in [0.15, 0.2) is 41.2 Å². The molecule has 4 rings (SSSR count). The van der Waals surface area contributed by atoms with Gasteiger partial charge < -0.3 is 20.3 Å². The van der Waals surface area contributed by atoms with Crippen molar-refractivity contribution in [1.82, 2.24) is 20.1 Å². The van der Waals surface area contributed by atoms with Crippen molar-refractivity contribution in [3.8, 4) is 11.1 Å². The molecule has 1 aromatic carbocycles. The van der Waals surface area contributed by atoms with Crippen molar-refractivity contribution < 1.29 is 9.63 Å². The Balaban J connectivity index is 1.56. The second-order valence-electron chi connectivity index (χ2n) is 10.1. The molecular formula is C25H34N6O2. The molecule has 1 aliphatic heterocycles. The van der Waals surface area contributed by atoms with Crippen LogP contribution in [0.4, 0.5) is 12.0 Å². The SMILES string of the molecule is CC(C)C(C)(c1ccc(-c2cnc(N)nc2)cc1)c1noc(N2CCC(C(C)(C)O)CC2)n1. The van der Waals surface area contributed by atoms with Gasteiger partial charge in [0, 0.05) is 31.0 Å². The van der Waals surface area contributed by atoms with E-state index < -0.39 is 11.0 Å². The largest absolute Gasteiger partial charge is 0.390 e. The summed E-state index contributed by atoms with van der Waals surface area (Å²) in [6.45, 7) is 11.9. The molecule has 0 radical (unpaired) electrons. The molecule has 2 aromatic heterocycles. The van der Waals surface area contributed by atoms with Crippen molar-refractivity contribution in [2.24, 2.45) is 11.8 Å². The molecule has 0 aliphatic carbocycles. The summed E-state index contributed by atoms with van der Waals surface area (Å²) >= 11 is 0. The van der Waals surface area contributed by atoms with E-state index in [1.54, 1.807) is 12.4 Å². The maximum Gasteiger partial charge on any atom is 0.324 e. The number of aromatic nitrogens is 4. The van der Waals surface area contributed by atoms with Crippen LogP contribution < -0.4 is 10.6 Å². The maximum absolute atomic E-state index is 10.3.